The molecule has 0 spiro atoms. The van der Waals surface area contributed by atoms with E-state index in [9.17, 15) is 14.7 Å². The van der Waals surface area contributed by atoms with Gasteiger partial charge in [-0.05, 0) is 0 Å². The van der Waals surface area contributed by atoms with Gasteiger partial charge in [0.15, 0.2) is 11.9 Å². The Morgan fingerprint density at radius 3 is 2.67 bits per heavy atom. The Kier molecular flexibility index (Phi) is 3.64. The van der Waals surface area contributed by atoms with Gasteiger partial charge in [0.05, 0.1) is 6.61 Å². The summed E-state index contributed by atoms with van der Waals surface area (Å²) in [4.78, 5) is 20.6. The standard InChI is InChI=1S/C8H10O7/c9-1-2-14-3-4(10)7-5(11)6(12)8(13)15-7/h1,4,7,10-12H,2-3H2. The lowest BCUT2D eigenvalue weighted by Crippen LogP contribution is -2.33. The monoisotopic (exact) mass is 218 g/mol. The maximum absolute atomic E-state index is 10.7. The molecule has 0 amide bonds. The van der Waals surface area contributed by atoms with Crippen molar-refractivity contribution in [2.75, 3.05) is 13.2 Å². The zero-order valence-corrected chi connectivity index (χ0v) is 7.62. The number of aldehydes is 1. The van der Waals surface area contributed by atoms with Crippen molar-refractivity contribution in [2.24, 2.45) is 0 Å². The van der Waals surface area contributed by atoms with Gasteiger partial charge in [0.2, 0.25) is 5.76 Å². The summed E-state index contributed by atoms with van der Waals surface area (Å²) in [5.41, 5.74) is 0. The lowest BCUT2D eigenvalue weighted by atomic mass is 10.2. The Morgan fingerprint density at radius 1 is 1.53 bits per heavy atom. The van der Waals surface area contributed by atoms with Crippen LogP contribution in [0.25, 0.3) is 0 Å². The minimum Gasteiger partial charge on any atom is -0.505 e. The fourth-order valence-corrected chi connectivity index (χ4v) is 1.05. The van der Waals surface area contributed by atoms with Crippen LogP contribution in [0.3, 0.4) is 0 Å². The van der Waals surface area contributed by atoms with Gasteiger partial charge in [0.1, 0.15) is 19.0 Å². The first-order chi connectivity index (χ1) is 7.07. The molecule has 3 N–H and O–H groups in total. The van der Waals surface area contributed by atoms with Crippen LogP contribution in [0.2, 0.25) is 0 Å². The highest BCUT2D eigenvalue weighted by Gasteiger charge is 2.39. The lowest BCUT2D eigenvalue weighted by molar-refractivity contribution is -0.148. The molecule has 1 aliphatic heterocycles. The van der Waals surface area contributed by atoms with Crippen molar-refractivity contribution >= 4 is 12.3 Å². The third kappa shape index (κ3) is 2.45. The molecule has 1 heterocycles. The minimum absolute atomic E-state index is 0.214. The maximum Gasteiger partial charge on any atom is 0.377 e. The van der Waals surface area contributed by atoms with Gasteiger partial charge < -0.3 is 29.6 Å². The normalized spacial score (nSPS) is 22.7. The molecule has 7 heteroatoms. The molecule has 0 aromatic carbocycles. The van der Waals surface area contributed by atoms with Crippen LogP contribution in [-0.4, -0.2) is 53.0 Å². The molecule has 0 fully saturated rings. The number of esters is 1. The SMILES string of the molecule is O=CCOCC(O)C1OC(=O)C(O)=C1O. The third-order valence-corrected chi connectivity index (χ3v) is 1.76. The highest BCUT2D eigenvalue weighted by atomic mass is 16.6. The van der Waals surface area contributed by atoms with Crippen LogP contribution in [0.5, 0.6) is 0 Å². The van der Waals surface area contributed by atoms with Crippen LogP contribution in [0, 0.1) is 0 Å². The van der Waals surface area contributed by atoms with Gasteiger partial charge in [0.25, 0.3) is 0 Å². The van der Waals surface area contributed by atoms with E-state index >= 15 is 0 Å². The number of rotatable bonds is 5. The first-order valence-electron chi connectivity index (χ1n) is 4.10. The van der Waals surface area contributed by atoms with Crippen molar-refractivity contribution in [3.05, 3.63) is 11.5 Å². The zero-order valence-electron chi connectivity index (χ0n) is 7.62. The fraction of sp³-hybridized carbons (Fsp3) is 0.500. The predicted octanol–water partition coefficient (Wildman–Crippen LogP) is -1.18. The van der Waals surface area contributed by atoms with E-state index < -0.39 is 29.7 Å². The van der Waals surface area contributed by atoms with Gasteiger partial charge in [-0.3, -0.25) is 0 Å². The van der Waals surface area contributed by atoms with Crippen LogP contribution in [0.1, 0.15) is 0 Å². The number of carbonyl (C=O) groups is 2. The Bertz CT molecular complexity index is 295. The van der Waals surface area contributed by atoms with Crippen LogP contribution in [-0.2, 0) is 19.1 Å². The molecule has 1 rings (SSSR count). The van der Waals surface area contributed by atoms with Gasteiger partial charge in [-0.2, -0.15) is 0 Å². The molecule has 0 bridgehead atoms. The number of hydrogen-bond donors (Lipinski definition) is 3. The second kappa shape index (κ2) is 4.76. The van der Waals surface area contributed by atoms with Crippen LogP contribution >= 0.6 is 0 Å². The average Bonchev–Trinajstić information content (AvgIpc) is 2.46. The number of aliphatic hydroxyl groups is 3. The molecule has 15 heavy (non-hydrogen) atoms. The molecular formula is C8H10O7. The van der Waals surface area contributed by atoms with Gasteiger partial charge in [-0.25, -0.2) is 4.79 Å². The molecule has 1 aliphatic rings. The summed E-state index contributed by atoms with van der Waals surface area (Å²) in [5, 5.41) is 27.4. The number of cyclic esters (lactones) is 1. The van der Waals surface area contributed by atoms with Crippen LogP contribution in [0.15, 0.2) is 11.5 Å². The summed E-state index contributed by atoms with van der Waals surface area (Å²) < 4.78 is 9.10. The van der Waals surface area contributed by atoms with E-state index in [1.165, 1.54) is 0 Å². The Labute approximate surface area is 84.5 Å². The Hall–Kier alpha value is -1.60. The Morgan fingerprint density at radius 2 is 2.20 bits per heavy atom. The predicted molar refractivity (Wildman–Crippen MR) is 45.1 cm³/mol. The summed E-state index contributed by atoms with van der Waals surface area (Å²) in [6.07, 6.45) is -2.19. The summed E-state index contributed by atoms with van der Waals surface area (Å²) >= 11 is 0. The van der Waals surface area contributed by atoms with Crippen molar-refractivity contribution in [3.8, 4) is 0 Å². The largest absolute Gasteiger partial charge is 0.505 e. The molecule has 0 saturated heterocycles. The van der Waals surface area contributed by atoms with Crippen molar-refractivity contribution in [1.82, 2.24) is 0 Å². The summed E-state index contributed by atoms with van der Waals surface area (Å²) in [6.45, 7) is -0.512. The summed E-state index contributed by atoms with van der Waals surface area (Å²) in [7, 11) is 0. The van der Waals surface area contributed by atoms with Gasteiger partial charge in [0, 0.05) is 0 Å². The first kappa shape index (κ1) is 11.5. The molecule has 0 aromatic rings. The zero-order chi connectivity index (χ0) is 11.4. The fourth-order valence-electron chi connectivity index (χ4n) is 1.05. The van der Waals surface area contributed by atoms with Gasteiger partial charge in [-0.1, -0.05) is 0 Å². The molecule has 0 aromatic heterocycles. The molecule has 2 atom stereocenters. The molecule has 0 aliphatic carbocycles. The topological polar surface area (TPSA) is 113 Å². The van der Waals surface area contributed by atoms with Crippen molar-refractivity contribution in [2.45, 2.75) is 12.2 Å². The molecule has 84 valence electrons. The number of hydrogen-bond acceptors (Lipinski definition) is 7. The molecule has 7 nitrogen and oxygen atoms in total. The smallest absolute Gasteiger partial charge is 0.377 e. The van der Waals surface area contributed by atoms with Crippen LogP contribution in [0.4, 0.5) is 0 Å². The average molecular weight is 218 g/mol. The minimum atomic E-state index is -1.34. The Balaban J connectivity index is 2.51. The first-order valence-corrected chi connectivity index (χ1v) is 4.10. The van der Waals surface area contributed by atoms with E-state index in [-0.39, 0.29) is 13.2 Å². The highest BCUT2D eigenvalue weighted by molar-refractivity contribution is 5.89. The van der Waals surface area contributed by atoms with Crippen molar-refractivity contribution in [1.29, 1.82) is 0 Å². The van der Waals surface area contributed by atoms with E-state index in [0.717, 1.165) is 0 Å². The maximum atomic E-state index is 10.7. The lowest BCUT2D eigenvalue weighted by Gasteiger charge is -2.16. The van der Waals surface area contributed by atoms with Gasteiger partial charge in [-0.15, -0.1) is 0 Å². The number of aliphatic hydroxyl groups excluding tert-OH is 3. The van der Waals surface area contributed by atoms with Crippen LogP contribution < -0.4 is 0 Å². The summed E-state index contributed by atoms with van der Waals surface area (Å²) in [6, 6.07) is 0. The van der Waals surface area contributed by atoms with Crippen molar-refractivity contribution in [3.63, 3.8) is 0 Å². The van der Waals surface area contributed by atoms with E-state index in [4.69, 9.17) is 10.2 Å². The molecular weight excluding hydrogens is 208 g/mol. The number of carbonyl (C=O) groups excluding carboxylic acids is 2. The molecule has 0 radical (unpaired) electrons. The molecule has 2 unspecified atom stereocenters. The highest BCUT2D eigenvalue weighted by Crippen LogP contribution is 2.21. The third-order valence-electron chi connectivity index (χ3n) is 1.76. The molecule has 0 saturated carbocycles. The summed E-state index contributed by atoms with van der Waals surface area (Å²) in [5.74, 6) is -2.76. The van der Waals surface area contributed by atoms with E-state index in [0.29, 0.717) is 6.29 Å². The quantitative estimate of drug-likeness (QED) is 0.302. The number of ether oxygens (including phenoxy) is 2. The van der Waals surface area contributed by atoms with E-state index in [1.54, 1.807) is 0 Å². The second-order valence-corrected chi connectivity index (χ2v) is 2.83. The van der Waals surface area contributed by atoms with Gasteiger partial charge >= 0.3 is 5.97 Å². The second-order valence-electron chi connectivity index (χ2n) is 2.83. The van der Waals surface area contributed by atoms with E-state index in [1.807, 2.05) is 0 Å². The van der Waals surface area contributed by atoms with E-state index in [2.05, 4.69) is 9.47 Å². The van der Waals surface area contributed by atoms with Crippen molar-refractivity contribution < 1.29 is 34.4 Å².